The predicted octanol–water partition coefficient (Wildman–Crippen LogP) is 7.25. The van der Waals surface area contributed by atoms with Gasteiger partial charge in [0, 0.05) is 17.0 Å². The standard InChI is InChI=1S/C27H23ClN2O/c1-2-31-27-10-6-5-9-24(27)25-18-26(30(29-25)23-15-13-22(28)14-16-23)21-12-11-19-7-3-4-8-20(19)17-21/h3-17,26H,2,18H2,1H3. The molecule has 31 heavy (non-hydrogen) atoms. The minimum Gasteiger partial charge on any atom is -0.493 e. The van der Waals surface area contributed by atoms with E-state index in [9.17, 15) is 0 Å². The summed E-state index contributed by atoms with van der Waals surface area (Å²) in [6, 6.07) is 31.2. The third-order valence-electron chi connectivity index (χ3n) is 5.66. The molecule has 154 valence electrons. The first-order valence-electron chi connectivity index (χ1n) is 10.6. The summed E-state index contributed by atoms with van der Waals surface area (Å²) < 4.78 is 5.89. The van der Waals surface area contributed by atoms with Crippen LogP contribution in [0.2, 0.25) is 5.02 Å². The Labute approximate surface area is 187 Å². The van der Waals surface area contributed by atoms with Crippen molar-refractivity contribution in [1.29, 1.82) is 0 Å². The summed E-state index contributed by atoms with van der Waals surface area (Å²) in [4.78, 5) is 0. The number of hydrogen-bond acceptors (Lipinski definition) is 3. The zero-order valence-corrected chi connectivity index (χ0v) is 18.1. The van der Waals surface area contributed by atoms with Gasteiger partial charge in [-0.2, -0.15) is 5.10 Å². The van der Waals surface area contributed by atoms with Crippen molar-refractivity contribution < 1.29 is 4.74 Å². The van der Waals surface area contributed by atoms with Gasteiger partial charge in [-0.05, 0) is 65.7 Å². The molecule has 0 fully saturated rings. The molecule has 0 amide bonds. The summed E-state index contributed by atoms with van der Waals surface area (Å²) in [6.45, 7) is 2.63. The maximum atomic E-state index is 6.15. The first-order valence-corrected chi connectivity index (χ1v) is 10.9. The Bertz CT molecular complexity index is 1250. The van der Waals surface area contributed by atoms with E-state index in [1.54, 1.807) is 0 Å². The summed E-state index contributed by atoms with van der Waals surface area (Å²) in [7, 11) is 0. The first-order chi connectivity index (χ1) is 15.2. The summed E-state index contributed by atoms with van der Waals surface area (Å²) in [5, 5.41) is 10.4. The molecular weight excluding hydrogens is 404 g/mol. The molecule has 3 nitrogen and oxygen atoms in total. The smallest absolute Gasteiger partial charge is 0.128 e. The molecule has 0 spiro atoms. The van der Waals surface area contributed by atoms with Crippen molar-refractivity contribution in [1.82, 2.24) is 0 Å². The summed E-state index contributed by atoms with van der Waals surface area (Å²) in [5.41, 5.74) is 4.33. The molecule has 1 aliphatic heterocycles. The van der Waals surface area contributed by atoms with Gasteiger partial charge in [-0.25, -0.2) is 0 Å². The molecule has 0 N–H and O–H groups in total. The molecular formula is C27H23ClN2O. The van der Waals surface area contributed by atoms with E-state index in [1.165, 1.54) is 16.3 Å². The second kappa shape index (κ2) is 8.44. The molecule has 4 heteroatoms. The molecule has 0 radical (unpaired) electrons. The molecule has 4 aromatic rings. The molecule has 1 unspecified atom stereocenters. The fraction of sp³-hybridized carbons (Fsp3) is 0.148. The van der Waals surface area contributed by atoms with Crippen LogP contribution in [0.1, 0.15) is 30.5 Å². The zero-order chi connectivity index (χ0) is 21.2. The Hall–Kier alpha value is -3.30. The van der Waals surface area contributed by atoms with E-state index < -0.39 is 0 Å². The van der Waals surface area contributed by atoms with E-state index in [0.717, 1.165) is 34.2 Å². The summed E-state index contributed by atoms with van der Waals surface area (Å²) >= 11 is 6.15. The van der Waals surface area contributed by atoms with Crippen LogP contribution in [0.3, 0.4) is 0 Å². The SMILES string of the molecule is CCOc1ccccc1C1=NN(c2ccc(Cl)cc2)C(c2ccc3ccccc3c2)C1. The van der Waals surface area contributed by atoms with Gasteiger partial charge in [0.05, 0.1) is 24.0 Å². The fourth-order valence-corrected chi connectivity index (χ4v) is 4.29. The number of ether oxygens (including phenoxy) is 1. The first kappa shape index (κ1) is 19.7. The molecule has 0 aromatic heterocycles. The van der Waals surface area contributed by atoms with Gasteiger partial charge in [0.15, 0.2) is 0 Å². The lowest BCUT2D eigenvalue weighted by atomic mass is 9.96. The molecule has 4 aromatic carbocycles. The number of anilines is 1. The van der Waals surface area contributed by atoms with E-state index in [0.29, 0.717) is 6.61 Å². The largest absolute Gasteiger partial charge is 0.493 e. The number of rotatable bonds is 5. The van der Waals surface area contributed by atoms with Crippen LogP contribution in [-0.4, -0.2) is 12.3 Å². The minimum atomic E-state index is 0.0930. The topological polar surface area (TPSA) is 24.8 Å². The molecule has 1 atom stereocenters. The van der Waals surface area contributed by atoms with Gasteiger partial charge in [-0.3, -0.25) is 5.01 Å². The number of para-hydroxylation sites is 1. The van der Waals surface area contributed by atoms with E-state index in [2.05, 4.69) is 53.5 Å². The molecule has 1 heterocycles. The zero-order valence-electron chi connectivity index (χ0n) is 17.3. The molecule has 0 saturated heterocycles. The number of nitrogens with zero attached hydrogens (tertiary/aromatic N) is 2. The van der Waals surface area contributed by atoms with E-state index in [4.69, 9.17) is 21.4 Å². The summed E-state index contributed by atoms with van der Waals surface area (Å²) in [5.74, 6) is 0.874. The number of halogens is 1. The van der Waals surface area contributed by atoms with Crippen LogP contribution >= 0.6 is 11.6 Å². The molecule has 0 bridgehead atoms. The Morgan fingerprint density at radius 2 is 1.65 bits per heavy atom. The van der Waals surface area contributed by atoms with Gasteiger partial charge in [0.1, 0.15) is 5.75 Å². The number of benzene rings is 4. The average Bonchev–Trinajstić information content (AvgIpc) is 3.25. The van der Waals surface area contributed by atoms with Gasteiger partial charge in [-0.1, -0.05) is 60.1 Å². The average molecular weight is 427 g/mol. The van der Waals surface area contributed by atoms with Crippen molar-refractivity contribution in [2.45, 2.75) is 19.4 Å². The van der Waals surface area contributed by atoms with Gasteiger partial charge >= 0.3 is 0 Å². The number of hydrogen-bond donors (Lipinski definition) is 0. The van der Waals surface area contributed by atoms with Gasteiger partial charge in [0.2, 0.25) is 0 Å². The number of hydrazone groups is 1. The van der Waals surface area contributed by atoms with Crippen molar-refractivity contribution in [2.24, 2.45) is 5.10 Å². The predicted molar refractivity (Wildman–Crippen MR) is 129 cm³/mol. The third kappa shape index (κ3) is 3.89. The van der Waals surface area contributed by atoms with E-state index in [-0.39, 0.29) is 6.04 Å². The van der Waals surface area contributed by atoms with Crippen molar-refractivity contribution in [3.63, 3.8) is 0 Å². The Morgan fingerprint density at radius 3 is 2.45 bits per heavy atom. The van der Waals surface area contributed by atoms with Crippen LogP contribution in [-0.2, 0) is 0 Å². The second-order valence-corrected chi connectivity index (χ2v) is 8.06. The van der Waals surface area contributed by atoms with Crippen LogP contribution in [0.15, 0.2) is 96.1 Å². The Morgan fingerprint density at radius 1 is 0.903 bits per heavy atom. The fourth-order valence-electron chi connectivity index (χ4n) is 4.17. The van der Waals surface area contributed by atoms with Crippen LogP contribution in [0.25, 0.3) is 10.8 Å². The maximum Gasteiger partial charge on any atom is 0.128 e. The minimum absolute atomic E-state index is 0.0930. The van der Waals surface area contributed by atoms with Crippen LogP contribution in [0.5, 0.6) is 5.75 Å². The normalized spacial score (nSPS) is 15.9. The van der Waals surface area contributed by atoms with Gasteiger partial charge < -0.3 is 4.74 Å². The van der Waals surface area contributed by atoms with Crippen LogP contribution in [0, 0.1) is 0 Å². The highest BCUT2D eigenvalue weighted by Crippen LogP contribution is 2.39. The highest BCUT2D eigenvalue weighted by Gasteiger charge is 2.31. The highest BCUT2D eigenvalue weighted by atomic mass is 35.5. The molecule has 0 saturated carbocycles. The highest BCUT2D eigenvalue weighted by molar-refractivity contribution is 6.30. The van der Waals surface area contributed by atoms with Crippen molar-refractivity contribution in [2.75, 3.05) is 11.6 Å². The second-order valence-electron chi connectivity index (χ2n) is 7.62. The Kier molecular flexibility index (Phi) is 5.35. The molecule has 1 aliphatic rings. The monoisotopic (exact) mass is 426 g/mol. The van der Waals surface area contributed by atoms with Gasteiger partial charge in [0.25, 0.3) is 0 Å². The van der Waals surface area contributed by atoms with Crippen molar-refractivity contribution >= 4 is 33.8 Å². The molecule has 0 aliphatic carbocycles. The van der Waals surface area contributed by atoms with E-state index >= 15 is 0 Å². The number of fused-ring (bicyclic) bond motifs is 1. The van der Waals surface area contributed by atoms with Crippen LogP contribution < -0.4 is 9.75 Å². The maximum absolute atomic E-state index is 6.15. The quantitative estimate of drug-likeness (QED) is 0.335. The third-order valence-corrected chi connectivity index (χ3v) is 5.91. The molecule has 5 rings (SSSR count). The van der Waals surface area contributed by atoms with E-state index in [1.807, 2.05) is 49.4 Å². The Balaban J connectivity index is 1.59. The van der Waals surface area contributed by atoms with Crippen molar-refractivity contribution in [3.05, 3.63) is 107 Å². The van der Waals surface area contributed by atoms with Crippen LogP contribution in [0.4, 0.5) is 5.69 Å². The van der Waals surface area contributed by atoms with Gasteiger partial charge in [-0.15, -0.1) is 0 Å². The summed E-state index contributed by atoms with van der Waals surface area (Å²) in [6.07, 6.45) is 0.797. The van der Waals surface area contributed by atoms with Crippen molar-refractivity contribution in [3.8, 4) is 5.75 Å². The lowest BCUT2D eigenvalue weighted by Gasteiger charge is -2.24. The lowest BCUT2D eigenvalue weighted by molar-refractivity contribution is 0.339. The lowest BCUT2D eigenvalue weighted by Crippen LogP contribution is -2.18.